The molecule has 3 aromatic rings. The number of aromatic nitrogens is 3. The molecule has 1 aliphatic rings. The van der Waals surface area contributed by atoms with E-state index in [2.05, 4.69) is 20.3 Å². The van der Waals surface area contributed by atoms with E-state index in [0.29, 0.717) is 0 Å². The number of aliphatic imine (C=N–C) groups is 1. The Hall–Kier alpha value is -4.73. The van der Waals surface area contributed by atoms with Gasteiger partial charge in [-0.15, -0.1) is 0 Å². The van der Waals surface area contributed by atoms with E-state index in [1.165, 1.54) is 37.4 Å². The fourth-order valence-corrected chi connectivity index (χ4v) is 3.69. The zero-order chi connectivity index (χ0) is 25.3. The van der Waals surface area contributed by atoms with E-state index in [4.69, 9.17) is 10.4 Å². The molecule has 0 saturated heterocycles. The number of halogens is 3. The van der Waals surface area contributed by atoms with Gasteiger partial charge in [0.15, 0.2) is 11.7 Å². The van der Waals surface area contributed by atoms with Gasteiger partial charge in [0.2, 0.25) is 0 Å². The Kier molecular flexibility index (Phi) is 5.96. The number of nitrogens with one attached hydrogen (secondary N) is 2. The van der Waals surface area contributed by atoms with Crippen LogP contribution in [0.2, 0.25) is 0 Å². The Balaban J connectivity index is 1.72. The number of alkyl halides is 2. The molecule has 13 heteroatoms. The maximum atomic E-state index is 15.0. The van der Waals surface area contributed by atoms with Crippen molar-refractivity contribution in [3.8, 4) is 6.07 Å². The van der Waals surface area contributed by atoms with E-state index in [-0.39, 0.29) is 40.7 Å². The van der Waals surface area contributed by atoms with Crippen molar-refractivity contribution in [1.29, 1.82) is 5.26 Å². The molecule has 35 heavy (non-hydrogen) atoms. The van der Waals surface area contributed by atoms with Crippen molar-refractivity contribution in [2.75, 3.05) is 5.32 Å². The average Bonchev–Trinajstić information content (AvgIpc) is 3.24. The number of amides is 2. The van der Waals surface area contributed by atoms with E-state index in [1.54, 1.807) is 0 Å². The third-order valence-corrected chi connectivity index (χ3v) is 5.30. The van der Waals surface area contributed by atoms with Crippen LogP contribution in [0.15, 0.2) is 47.7 Å². The lowest BCUT2D eigenvalue weighted by atomic mass is 9.90. The van der Waals surface area contributed by atoms with Crippen LogP contribution in [0.3, 0.4) is 0 Å². The van der Waals surface area contributed by atoms with E-state index in [9.17, 15) is 22.8 Å². The first-order valence-electron chi connectivity index (χ1n) is 10.0. The van der Waals surface area contributed by atoms with Gasteiger partial charge in [0.05, 0.1) is 18.3 Å². The number of nitrogens with zero attached hydrogens (tertiary/aromatic N) is 5. The van der Waals surface area contributed by atoms with Crippen LogP contribution in [-0.4, -0.2) is 37.5 Å². The number of rotatable bonds is 4. The second kappa shape index (κ2) is 8.90. The number of carbonyl (C=O) groups is 2. The SMILES string of the molecule is CC1(c2cc(NC(=O)c3ccc(C#N)cn3)ccc2F)Cn2c(C(F)F)cnc2C(NC(=O)O)=N1. The molecule has 1 aliphatic heterocycles. The monoisotopic (exact) mass is 483 g/mol. The molecule has 1 atom stereocenters. The van der Waals surface area contributed by atoms with Gasteiger partial charge in [-0.25, -0.2) is 27.9 Å². The summed E-state index contributed by atoms with van der Waals surface area (Å²) in [4.78, 5) is 35.8. The molecule has 1 unspecified atom stereocenters. The maximum Gasteiger partial charge on any atom is 0.410 e. The lowest BCUT2D eigenvalue weighted by molar-refractivity contribution is 0.102. The summed E-state index contributed by atoms with van der Waals surface area (Å²) in [6.07, 6.45) is -2.29. The predicted octanol–water partition coefficient (Wildman–Crippen LogP) is 3.42. The average molecular weight is 483 g/mol. The highest BCUT2D eigenvalue weighted by Crippen LogP contribution is 2.37. The molecule has 2 aromatic heterocycles. The number of pyridine rings is 1. The summed E-state index contributed by atoms with van der Waals surface area (Å²) in [6.45, 7) is 1.18. The lowest BCUT2D eigenvalue weighted by Crippen LogP contribution is -2.42. The summed E-state index contributed by atoms with van der Waals surface area (Å²) in [7, 11) is 0. The minimum atomic E-state index is -2.92. The minimum absolute atomic E-state index is 0.00866. The molecule has 10 nitrogen and oxygen atoms in total. The van der Waals surface area contributed by atoms with Crippen LogP contribution < -0.4 is 10.6 Å². The summed E-state index contributed by atoms with van der Waals surface area (Å²) >= 11 is 0. The smallest absolute Gasteiger partial charge is 0.410 e. The van der Waals surface area contributed by atoms with Crippen LogP contribution in [0.4, 0.5) is 23.7 Å². The van der Waals surface area contributed by atoms with Gasteiger partial charge in [-0.3, -0.25) is 15.1 Å². The van der Waals surface area contributed by atoms with Crippen LogP contribution in [-0.2, 0) is 12.1 Å². The molecule has 0 saturated carbocycles. The number of anilines is 1. The van der Waals surface area contributed by atoms with Crippen molar-refractivity contribution in [3.05, 3.63) is 76.9 Å². The van der Waals surface area contributed by atoms with Crippen molar-refractivity contribution in [1.82, 2.24) is 19.9 Å². The molecule has 3 heterocycles. The van der Waals surface area contributed by atoms with Crippen LogP contribution in [0.1, 0.15) is 46.5 Å². The molecular formula is C22H16F3N7O3. The quantitative estimate of drug-likeness (QED) is 0.518. The van der Waals surface area contributed by atoms with Gasteiger partial charge in [-0.05, 0) is 37.3 Å². The number of imidazole rings is 1. The number of hydrogen-bond acceptors (Lipinski definition) is 6. The van der Waals surface area contributed by atoms with Gasteiger partial charge in [-0.1, -0.05) is 0 Å². The first-order valence-corrected chi connectivity index (χ1v) is 10.0. The van der Waals surface area contributed by atoms with Crippen LogP contribution >= 0.6 is 0 Å². The fraction of sp³-hybridized carbons (Fsp3) is 0.182. The molecule has 0 spiro atoms. The fourth-order valence-electron chi connectivity index (χ4n) is 3.69. The summed E-state index contributed by atoms with van der Waals surface area (Å²) in [5.41, 5.74) is -1.66. The molecule has 3 N–H and O–H groups in total. The largest absolute Gasteiger partial charge is 0.465 e. The van der Waals surface area contributed by atoms with E-state index < -0.39 is 35.5 Å². The number of carbonyl (C=O) groups excluding carboxylic acids is 1. The Morgan fingerprint density at radius 1 is 1.20 bits per heavy atom. The van der Waals surface area contributed by atoms with Crippen LogP contribution in [0.5, 0.6) is 0 Å². The van der Waals surface area contributed by atoms with Gasteiger partial charge in [0.25, 0.3) is 12.3 Å². The Morgan fingerprint density at radius 2 is 1.97 bits per heavy atom. The van der Waals surface area contributed by atoms with Gasteiger partial charge in [0.1, 0.15) is 28.8 Å². The molecule has 1 aromatic carbocycles. The van der Waals surface area contributed by atoms with E-state index in [1.807, 2.05) is 11.4 Å². The standard InChI is InChI=1S/C22H16F3N7O3/c1-22(10-32-16(17(24)25)9-28-19(32)18(31-22)30-21(34)35)13-6-12(3-4-14(13)23)29-20(33)15-5-2-11(7-26)8-27-15/h2-6,8-9,17H,10H2,1H3,(H,29,33)(H,30,31)(H,34,35). The van der Waals surface area contributed by atoms with Crippen molar-refractivity contribution in [2.24, 2.45) is 4.99 Å². The van der Waals surface area contributed by atoms with Gasteiger partial charge in [-0.2, -0.15) is 5.26 Å². The highest BCUT2D eigenvalue weighted by Gasteiger charge is 2.38. The highest BCUT2D eigenvalue weighted by atomic mass is 19.3. The van der Waals surface area contributed by atoms with Crippen LogP contribution in [0.25, 0.3) is 0 Å². The number of hydrogen-bond donors (Lipinski definition) is 3. The van der Waals surface area contributed by atoms with Crippen molar-refractivity contribution < 1.29 is 27.9 Å². The molecule has 2 amide bonds. The number of nitriles is 1. The summed E-state index contributed by atoms with van der Waals surface area (Å²) in [5, 5.41) is 22.6. The second-order valence-electron chi connectivity index (χ2n) is 7.75. The number of carboxylic acid groups (broad SMARTS) is 1. The summed E-state index contributed by atoms with van der Waals surface area (Å²) < 4.78 is 43.1. The zero-order valence-electron chi connectivity index (χ0n) is 18.0. The maximum absolute atomic E-state index is 15.0. The van der Waals surface area contributed by atoms with Gasteiger partial charge in [0, 0.05) is 17.4 Å². The molecule has 0 bridgehead atoms. The summed E-state index contributed by atoms with van der Waals surface area (Å²) in [6, 6.07) is 8.29. The third-order valence-electron chi connectivity index (χ3n) is 5.30. The van der Waals surface area contributed by atoms with Gasteiger partial charge >= 0.3 is 6.09 Å². The molecule has 0 radical (unpaired) electrons. The van der Waals surface area contributed by atoms with Crippen molar-refractivity contribution in [2.45, 2.75) is 25.4 Å². The topological polar surface area (TPSA) is 145 Å². The first-order chi connectivity index (χ1) is 16.6. The lowest BCUT2D eigenvalue weighted by Gasteiger charge is -2.33. The van der Waals surface area contributed by atoms with Crippen LogP contribution in [0, 0.1) is 17.1 Å². The van der Waals surface area contributed by atoms with Gasteiger partial charge < -0.3 is 15.0 Å². The second-order valence-corrected chi connectivity index (χ2v) is 7.75. The molecule has 0 fully saturated rings. The molecule has 0 aliphatic carbocycles. The first kappa shape index (κ1) is 23.4. The third kappa shape index (κ3) is 4.54. The number of fused-ring (bicyclic) bond motifs is 1. The van der Waals surface area contributed by atoms with E-state index in [0.717, 1.165) is 16.8 Å². The predicted molar refractivity (Wildman–Crippen MR) is 116 cm³/mol. The Bertz CT molecular complexity index is 1400. The number of benzene rings is 1. The Labute approximate surface area is 195 Å². The highest BCUT2D eigenvalue weighted by molar-refractivity contribution is 6.05. The van der Waals surface area contributed by atoms with Crippen molar-refractivity contribution >= 4 is 23.5 Å². The van der Waals surface area contributed by atoms with E-state index >= 15 is 0 Å². The minimum Gasteiger partial charge on any atom is -0.465 e. The Morgan fingerprint density at radius 3 is 2.60 bits per heavy atom. The number of amidine groups is 1. The zero-order valence-corrected chi connectivity index (χ0v) is 18.0. The normalized spacial score (nSPS) is 16.7. The summed E-state index contributed by atoms with van der Waals surface area (Å²) in [5.74, 6) is -1.83. The molecule has 4 rings (SSSR count). The van der Waals surface area contributed by atoms with Crippen molar-refractivity contribution in [3.63, 3.8) is 0 Å². The molecule has 178 valence electrons. The molecular weight excluding hydrogens is 467 g/mol.